The summed E-state index contributed by atoms with van der Waals surface area (Å²) in [7, 11) is 0. The second-order valence-electron chi connectivity index (χ2n) is 6.46. The molecule has 0 aliphatic rings. The summed E-state index contributed by atoms with van der Waals surface area (Å²) in [5, 5.41) is 8.96. The molecule has 0 fully saturated rings. The molecule has 0 atom stereocenters. The second kappa shape index (κ2) is 9.39. The number of aryl methyl sites for hydroxylation is 1. The lowest BCUT2D eigenvalue weighted by Gasteiger charge is -2.20. The molecule has 0 radical (unpaired) electrons. The highest BCUT2D eigenvalue weighted by molar-refractivity contribution is 6.32. The van der Waals surface area contributed by atoms with Crippen LogP contribution in [0.3, 0.4) is 0 Å². The lowest BCUT2D eigenvalue weighted by Crippen LogP contribution is -2.22. The Morgan fingerprint density at radius 2 is 1.79 bits per heavy atom. The number of amides is 1. The molecular formula is C22H24ClN5O. The number of halogens is 1. The van der Waals surface area contributed by atoms with E-state index < -0.39 is 0 Å². The Bertz CT molecular complexity index is 992. The van der Waals surface area contributed by atoms with E-state index in [1.807, 2.05) is 49.4 Å². The molecule has 0 spiro atoms. The third-order valence-corrected chi connectivity index (χ3v) is 5.03. The van der Waals surface area contributed by atoms with Gasteiger partial charge in [-0.25, -0.2) is 10.1 Å². The van der Waals surface area contributed by atoms with Crippen LogP contribution in [0.4, 0.5) is 5.69 Å². The highest BCUT2D eigenvalue weighted by Gasteiger charge is 2.13. The van der Waals surface area contributed by atoms with Gasteiger partial charge >= 0.3 is 0 Å². The van der Waals surface area contributed by atoms with Gasteiger partial charge in [-0.2, -0.15) is 10.2 Å². The van der Waals surface area contributed by atoms with Gasteiger partial charge in [-0.1, -0.05) is 29.8 Å². The molecule has 2 aromatic carbocycles. The maximum absolute atomic E-state index is 12.4. The van der Waals surface area contributed by atoms with Crippen molar-refractivity contribution in [3.8, 4) is 5.69 Å². The number of hydrogen-bond donors (Lipinski definition) is 1. The molecule has 6 nitrogen and oxygen atoms in total. The van der Waals surface area contributed by atoms with Crippen LogP contribution in [0.1, 0.15) is 35.5 Å². The molecule has 3 aromatic rings. The number of carbonyl (C=O) groups is 1. The monoisotopic (exact) mass is 409 g/mol. The Hall–Kier alpha value is -3.12. The van der Waals surface area contributed by atoms with E-state index in [0.29, 0.717) is 16.3 Å². The number of benzene rings is 2. The first kappa shape index (κ1) is 20.6. The van der Waals surface area contributed by atoms with Crippen LogP contribution >= 0.6 is 11.6 Å². The maximum atomic E-state index is 12.4. The molecule has 3 rings (SSSR count). The van der Waals surface area contributed by atoms with Crippen LogP contribution in [-0.2, 0) is 0 Å². The Morgan fingerprint density at radius 3 is 2.41 bits per heavy atom. The van der Waals surface area contributed by atoms with Gasteiger partial charge in [-0.15, -0.1) is 0 Å². The lowest BCUT2D eigenvalue weighted by molar-refractivity contribution is 0.0955. The van der Waals surface area contributed by atoms with Gasteiger partial charge in [0.05, 0.1) is 23.2 Å². The molecule has 1 amide bonds. The fourth-order valence-electron chi connectivity index (χ4n) is 3.03. The topological polar surface area (TPSA) is 62.5 Å². The van der Waals surface area contributed by atoms with Crippen molar-refractivity contribution >= 4 is 29.4 Å². The number of rotatable bonds is 7. The average Bonchev–Trinajstić information content (AvgIpc) is 3.04. The number of nitrogens with zero attached hydrogens (tertiary/aromatic N) is 4. The van der Waals surface area contributed by atoms with Crippen molar-refractivity contribution in [2.45, 2.75) is 20.8 Å². The van der Waals surface area contributed by atoms with Gasteiger partial charge in [0.15, 0.2) is 0 Å². The lowest BCUT2D eigenvalue weighted by atomic mass is 10.2. The van der Waals surface area contributed by atoms with Gasteiger partial charge in [0.1, 0.15) is 5.15 Å². The predicted octanol–water partition coefficient (Wildman–Crippen LogP) is 4.44. The molecular weight excluding hydrogens is 386 g/mol. The number of anilines is 1. The third kappa shape index (κ3) is 4.66. The van der Waals surface area contributed by atoms with E-state index in [-0.39, 0.29) is 5.91 Å². The van der Waals surface area contributed by atoms with Gasteiger partial charge < -0.3 is 4.90 Å². The normalized spacial score (nSPS) is 11.0. The summed E-state index contributed by atoms with van der Waals surface area (Å²) in [4.78, 5) is 14.6. The summed E-state index contributed by atoms with van der Waals surface area (Å²) in [6, 6.07) is 17.1. The molecule has 0 saturated heterocycles. The van der Waals surface area contributed by atoms with E-state index in [0.717, 1.165) is 30.2 Å². The zero-order chi connectivity index (χ0) is 20.8. The van der Waals surface area contributed by atoms with Crippen molar-refractivity contribution in [1.82, 2.24) is 15.2 Å². The summed E-state index contributed by atoms with van der Waals surface area (Å²) >= 11 is 6.46. The number of hydrazone groups is 1. The Balaban J connectivity index is 1.70. The van der Waals surface area contributed by atoms with Gasteiger partial charge in [-0.3, -0.25) is 4.79 Å². The Morgan fingerprint density at radius 1 is 1.14 bits per heavy atom. The van der Waals surface area contributed by atoms with Gasteiger partial charge in [0.25, 0.3) is 5.91 Å². The minimum atomic E-state index is -0.281. The zero-order valence-corrected chi connectivity index (χ0v) is 17.5. The number of carbonyl (C=O) groups excluding carboxylic acids is 1. The number of para-hydroxylation sites is 1. The summed E-state index contributed by atoms with van der Waals surface area (Å²) in [6.07, 6.45) is 1.52. The molecule has 0 aliphatic carbocycles. The number of hydrogen-bond acceptors (Lipinski definition) is 4. The first-order chi connectivity index (χ1) is 14.0. The third-order valence-electron chi connectivity index (χ3n) is 4.67. The molecule has 0 saturated carbocycles. The Kier molecular flexibility index (Phi) is 6.67. The fourth-order valence-corrected chi connectivity index (χ4v) is 3.35. The van der Waals surface area contributed by atoms with Crippen molar-refractivity contribution in [3.63, 3.8) is 0 Å². The van der Waals surface area contributed by atoms with Crippen molar-refractivity contribution < 1.29 is 4.79 Å². The zero-order valence-electron chi connectivity index (χ0n) is 16.8. The highest BCUT2D eigenvalue weighted by Crippen LogP contribution is 2.22. The molecule has 1 N–H and O–H groups in total. The van der Waals surface area contributed by atoms with Crippen molar-refractivity contribution in [2.24, 2.45) is 5.10 Å². The van der Waals surface area contributed by atoms with E-state index in [4.69, 9.17) is 11.6 Å². The molecule has 0 aliphatic heterocycles. The molecule has 29 heavy (non-hydrogen) atoms. The van der Waals surface area contributed by atoms with Crippen LogP contribution < -0.4 is 10.3 Å². The van der Waals surface area contributed by atoms with Crippen molar-refractivity contribution in [3.05, 3.63) is 76.6 Å². The van der Waals surface area contributed by atoms with E-state index >= 15 is 0 Å². The van der Waals surface area contributed by atoms with Crippen molar-refractivity contribution in [2.75, 3.05) is 18.0 Å². The van der Waals surface area contributed by atoms with Crippen LogP contribution in [0.25, 0.3) is 5.69 Å². The van der Waals surface area contributed by atoms with Crippen LogP contribution in [0.5, 0.6) is 0 Å². The molecule has 7 heteroatoms. The number of nitrogens with one attached hydrogen (secondary N) is 1. The SMILES string of the molecule is CCN(CC)c1ccc(C(=O)N/N=C\c2c(C)nn(-c3ccccc3)c2Cl)cc1. The molecule has 1 aromatic heterocycles. The summed E-state index contributed by atoms with van der Waals surface area (Å²) in [5.41, 5.74) is 6.42. The van der Waals surface area contributed by atoms with Crippen LogP contribution in [0, 0.1) is 6.92 Å². The van der Waals surface area contributed by atoms with Crippen LogP contribution in [-0.4, -0.2) is 35.0 Å². The van der Waals surface area contributed by atoms with Gasteiger partial charge in [0, 0.05) is 24.3 Å². The molecule has 1 heterocycles. The molecule has 0 unspecified atom stereocenters. The fraction of sp³-hybridized carbons (Fsp3) is 0.227. The average molecular weight is 410 g/mol. The quantitative estimate of drug-likeness (QED) is 0.463. The number of aromatic nitrogens is 2. The minimum Gasteiger partial charge on any atom is -0.372 e. The highest BCUT2D eigenvalue weighted by atomic mass is 35.5. The largest absolute Gasteiger partial charge is 0.372 e. The summed E-state index contributed by atoms with van der Waals surface area (Å²) in [6.45, 7) is 7.89. The van der Waals surface area contributed by atoms with Gasteiger partial charge in [-0.05, 0) is 57.2 Å². The first-order valence-electron chi connectivity index (χ1n) is 9.54. The molecule has 150 valence electrons. The minimum absolute atomic E-state index is 0.281. The molecule has 0 bridgehead atoms. The maximum Gasteiger partial charge on any atom is 0.271 e. The second-order valence-corrected chi connectivity index (χ2v) is 6.81. The van der Waals surface area contributed by atoms with E-state index in [9.17, 15) is 4.79 Å². The van der Waals surface area contributed by atoms with Crippen molar-refractivity contribution in [1.29, 1.82) is 0 Å². The van der Waals surface area contributed by atoms with Gasteiger partial charge in [0.2, 0.25) is 0 Å². The predicted molar refractivity (Wildman–Crippen MR) is 118 cm³/mol. The van der Waals surface area contributed by atoms with E-state index in [1.165, 1.54) is 6.21 Å². The van der Waals surface area contributed by atoms with Crippen LogP contribution in [0.2, 0.25) is 5.15 Å². The van der Waals surface area contributed by atoms with Crippen LogP contribution in [0.15, 0.2) is 59.7 Å². The smallest absolute Gasteiger partial charge is 0.271 e. The summed E-state index contributed by atoms with van der Waals surface area (Å²) < 4.78 is 1.64. The summed E-state index contributed by atoms with van der Waals surface area (Å²) in [5.74, 6) is -0.281. The first-order valence-corrected chi connectivity index (χ1v) is 9.91. The van der Waals surface area contributed by atoms with E-state index in [1.54, 1.807) is 16.8 Å². The van der Waals surface area contributed by atoms with E-state index in [2.05, 4.69) is 34.4 Å². The Labute approximate surface area is 175 Å². The standard InChI is InChI=1S/C22H24ClN5O/c1-4-27(5-2)18-13-11-17(12-14-18)22(29)25-24-15-20-16(3)26-28(21(20)23)19-9-7-6-8-10-19/h6-15H,4-5H2,1-3H3,(H,25,29)/b24-15-.